The molecule has 7 heteroatoms. The molecule has 1 amide bonds. The van der Waals surface area contributed by atoms with Gasteiger partial charge in [-0.15, -0.1) is 0 Å². The third-order valence-corrected chi connectivity index (χ3v) is 8.54. The van der Waals surface area contributed by atoms with Gasteiger partial charge in [-0.25, -0.2) is 0 Å². The normalized spacial score (nSPS) is 14.8. The van der Waals surface area contributed by atoms with Crippen LogP contribution in [0.4, 0.5) is 0 Å². The lowest BCUT2D eigenvalue weighted by molar-refractivity contribution is 0.0950. The number of nitrogens with one attached hydrogen (secondary N) is 2. The summed E-state index contributed by atoms with van der Waals surface area (Å²) in [6.07, 6.45) is 5.36. The molecule has 210 valence electrons. The highest BCUT2D eigenvalue weighted by atomic mass is 16.1. The molecule has 4 heterocycles. The molecule has 0 aliphatic carbocycles. The Kier molecular flexibility index (Phi) is 8.24. The zero-order valence-corrected chi connectivity index (χ0v) is 24.4. The van der Waals surface area contributed by atoms with Crippen LogP contribution in [0.25, 0.3) is 16.6 Å². The number of pyridine rings is 2. The number of H-pyrrole nitrogens is 1. The lowest BCUT2D eigenvalue weighted by atomic mass is 10.00. The molecule has 3 aromatic heterocycles. The number of rotatable bonds is 8. The Hall–Kier alpha value is -3.68. The van der Waals surface area contributed by atoms with Crippen LogP contribution in [0.5, 0.6) is 0 Å². The fourth-order valence-corrected chi connectivity index (χ4v) is 6.10. The van der Waals surface area contributed by atoms with Gasteiger partial charge in [-0.1, -0.05) is 30.3 Å². The highest BCUT2D eigenvalue weighted by Gasteiger charge is 2.23. The number of carbonyl (C=O) groups excluding carboxylic acids is 1. The topological polar surface area (TPSA) is 72.9 Å². The Labute approximate surface area is 236 Å². The second kappa shape index (κ2) is 11.8. The van der Waals surface area contributed by atoms with Crippen molar-refractivity contribution in [3.05, 3.63) is 98.7 Å². The van der Waals surface area contributed by atoms with Gasteiger partial charge in [-0.2, -0.15) is 0 Å². The Morgan fingerprint density at radius 3 is 2.45 bits per heavy atom. The first kappa shape index (κ1) is 27.9. The van der Waals surface area contributed by atoms with Crippen LogP contribution < -0.4 is 10.9 Å². The molecule has 1 aliphatic rings. The molecular weight excluding hydrogens is 498 g/mol. The van der Waals surface area contributed by atoms with Crippen molar-refractivity contribution in [1.82, 2.24) is 24.5 Å². The quantitative estimate of drug-likeness (QED) is 0.340. The van der Waals surface area contributed by atoms with Gasteiger partial charge < -0.3 is 24.5 Å². The number of aryl methyl sites for hydroxylation is 2. The van der Waals surface area contributed by atoms with Gasteiger partial charge in [0.2, 0.25) is 0 Å². The number of piperidine rings is 1. The van der Waals surface area contributed by atoms with E-state index in [0.717, 1.165) is 65.2 Å². The van der Waals surface area contributed by atoms with Gasteiger partial charge in [0, 0.05) is 59.8 Å². The minimum atomic E-state index is -0.160. The number of hydrogen-bond donors (Lipinski definition) is 2. The number of aromatic nitrogens is 2. The van der Waals surface area contributed by atoms with E-state index in [2.05, 4.69) is 63.0 Å². The van der Waals surface area contributed by atoms with Gasteiger partial charge in [0.15, 0.2) is 0 Å². The number of hydrogen-bond acceptors (Lipinski definition) is 4. The van der Waals surface area contributed by atoms with Crippen molar-refractivity contribution in [2.75, 3.05) is 33.7 Å². The number of carbonyl (C=O) groups is 1. The zero-order valence-electron chi connectivity index (χ0n) is 24.4. The molecule has 5 rings (SSSR count). The second-order valence-corrected chi connectivity index (χ2v) is 11.4. The Morgan fingerprint density at radius 2 is 1.77 bits per heavy atom. The summed E-state index contributed by atoms with van der Waals surface area (Å²) in [5.41, 5.74) is 8.18. The van der Waals surface area contributed by atoms with Gasteiger partial charge in [-0.05, 0) is 95.7 Å². The number of benzene rings is 1. The van der Waals surface area contributed by atoms with Gasteiger partial charge in [0.05, 0.1) is 5.52 Å². The average Bonchev–Trinajstić information content (AvgIpc) is 3.36. The molecule has 4 aromatic rings. The SMILES string of the molecule is Cc1cc(C)c(CNC(=O)c2cc3c(-c4ccccc4)ccn3c(CCN3CCC(N(C)C)CC3)c2C)c(=O)[nH]1. The van der Waals surface area contributed by atoms with Crippen molar-refractivity contribution in [1.29, 1.82) is 0 Å². The Balaban J connectivity index is 1.46. The first-order valence-corrected chi connectivity index (χ1v) is 14.3. The molecule has 2 N–H and O–H groups in total. The third-order valence-electron chi connectivity index (χ3n) is 8.54. The minimum absolute atomic E-state index is 0.151. The molecule has 0 radical (unpaired) electrons. The van der Waals surface area contributed by atoms with Crippen LogP contribution in [0.2, 0.25) is 0 Å². The van der Waals surface area contributed by atoms with E-state index in [1.165, 1.54) is 12.8 Å². The second-order valence-electron chi connectivity index (χ2n) is 11.4. The summed E-state index contributed by atoms with van der Waals surface area (Å²) < 4.78 is 2.26. The maximum absolute atomic E-state index is 13.7. The first-order valence-electron chi connectivity index (χ1n) is 14.3. The lowest BCUT2D eigenvalue weighted by Gasteiger charge is -2.35. The number of nitrogens with zero attached hydrogens (tertiary/aromatic N) is 3. The van der Waals surface area contributed by atoms with Gasteiger partial charge >= 0.3 is 0 Å². The van der Waals surface area contributed by atoms with Gasteiger partial charge in [0.1, 0.15) is 0 Å². The van der Waals surface area contributed by atoms with Gasteiger partial charge in [0.25, 0.3) is 11.5 Å². The lowest BCUT2D eigenvalue weighted by Crippen LogP contribution is -2.42. The molecule has 0 atom stereocenters. The van der Waals surface area contributed by atoms with Gasteiger partial charge in [-0.3, -0.25) is 9.59 Å². The molecule has 0 spiro atoms. The molecule has 0 unspecified atom stereocenters. The largest absolute Gasteiger partial charge is 0.348 e. The summed E-state index contributed by atoms with van der Waals surface area (Å²) in [6, 6.07) is 17.1. The molecule has 1 aliphatic heterocycles. The summed E-state index contributed by atoms with van der Waals surface area (Å²) in [7, 11) is 4.34. The summed E-state index contributed by atoms with van der Waals surface area (Å²) >= 11 is 0. The van der Waals surface area contributed by atoms with Crippen molar-refractivity contribution < 1.29 is 4.79 Å². The minimum Gasteiger partial charge on any atom is -0.348 e. The summed E-state index contributed by atoms with van der Waals surface area (Å²) in [5.74, 6) is -0.160. The van der Waals surface area contributed by atoms with E-state index < -0.39 is 0 Å². The van der Waals surface area contributed by atoms with E-state index in [1.54, 1.807) is 0 Å². The fraction of sp³-hybridized carbons (Fsp3) is 0.394. The monoisotopic (exact) mass is 539 g/mol. The predicted octanol–water partition coefficient (Wildman–Crippen LogP) is 4.72. The third kappa shape index (κ3) is 5.76. The van der Waals surface area contributed by atoms with Crippen LogP contribution in [0.1, 0.15) is 51.3 Å². The van der Waals surface area contributed by atoms with E-state index in [4.69, 9.17) is 0 Å². The molecule has 1 aromatic carbocycles. The number of likely N-dealkylation sites (tertiary alicyclic amines) is 1. The van der Waals surface area contributed by atoms with E-state index in [0.29, 0.717) is 17.2 Å². The Morgan fingerprint density at radius 1 is 1.05 bits per heavy atom. The fourth-order valence-electron chi connectivity index (χ4n) is 6.10. The standard InChI is InChI=1S/C33H41N5O2/c1-22-19-23(2)35-33(40)29(22)21-34-32(39)28-20-31-27(25-9-7-6-8-10-25)13-18-38(31)30(24(28)3)14-17-37-15-11-26(12-16-37)36(4)5/h6-10,13,18-20,26H,11-12,14-17,21H2,1-5H3,(H,34,39)(H,35,40). The number of amides is 1. The molecule has 0 bridgehead atoms. The molecule has 7 nitrogen and oxygen atoms in total. The van der Waals surface area contributed by atoms with Crippen molar-refractivity contribution in [3.63, 3.8) is 0 Å². The molecule has 1 saturated heterocycles. The maximum atomic E-state index is 13.7. The van der Waals surface area contributed by atoms with Crippen LogP contribution in [-0.2, 0) is 13.0 Å². The zero-order chi connectivity index (χ0) is 28.4. The molecule has 40 heavy (non-hydrogen) atoms. The number of fused-ring (bicyclic) bond motifs is 1. The van der Waals surface area contributed by atoms with Crippen molar-refractivity contribution in [2.45, 2.75) is 52.6 Å². The van der Waals surface area contributed by atoms with E-state index in [1.807, 2.05) is 51.1 Å². The molecule has 0 saturated carbocycles. The first-order chi connectivity index (χ1) is 19.2. The number of aromatic amines is 1. The maximum Gasteiger partial charge on any atom is 0.253 e. The summed E-state index contributed by atoms with van der Waals surface area (Å²) in [6.45, 7) is 9.16. The van der Waals surface area contributed by atoms with Crippen LogP contribution in [0.3, 0.4) is 0 Å². The van der Waals surface area contributed by atoms with E-state index >= 15 is 0 Å². The average molecular weight is 540 g/mol. The van der Waals surface area contributed by atoms with E-state index in [-0.39, 0.29) is 18.0 Å². The van der Waals surface area contributed by atoms with Crippen LogP contribution in [0, 0.1) is 20.8 Å². The smallest absolute Gasteiger partial charge is 0.253 e. The molecule has 1 fully saturated rings. The summed E-state index contributed by atoms with van der Waals surface area (Å²) in [4.78, 5) is 33.9. The van der Waals surface area contributed by atoms with Crippen molar-refractivity contribution in [2.24, 2.45) is 0 Å². The van der Waals surface area contributed by atoms with Crippen LogP contribution >= 0.6 is 0 Å². The Bertz CT molecular complexity index is 1560. The van der Waals surface area contributed by atoms with Crippen molar-refractivity contribution >= 4 is 11.4 Å². The molecular formula is C33H41N5O2. The van der Waals surface area contributed by atoms with Crippen LogP contribution in [-0.4, -0.2) is 64.9 Å². The van der Waals surface area contributed by atoms with E-state index in [9.17, 15) is 9.59 Å². The van der Waals surface area contributed by atoms with Crippen molar-refractivity contribution in [3.8, 4) is 11.1 Å². The highest BCUT2D eigenvalue weighted by molar-refractivity contribution is 5.98. The summed E-state index contributed by atoms with van der Waals surface area (Å²) in [5, 5.41) is 3.04. The highest BCUT2D eigenvalue weighted by Crippen LogP contribution is 2.30. The predicted molar refractivity (Wildman–Crippen MR) is 162 cm³/mol. The van der Waals surface area contributed by atoms with Crippen LogP contribution in [0.15, 0.2) is 59.5 Å².